The van der Waals surface area contributed by atoms with E-state index in [1.807, 2.05) is 37.5 Å². The van der Waals surface area contributed by atoms with Gasteiger partial charge in [-0.05, 0) is 31.5 Å². The molecular weight excluding hydrogens is 437 g/mol. The average molecular weight is 461 g/mol. The van der Waals surface area contributed by atoms with E-state index in [-0.39, 0.29) is 30.9 Å². The summed E-state index contributed by atoms with van der Waals surface area (Å²) in [4.78, 5) is 6.65. The van der Waals surface area contributed by atoms with Crippen molar-refractivity contribution < 1.29 is 9.84 Å². The number of ether oxygens (including phenoxy) is 1. The highest BCUT2D eigenvalue weighted by Crippen LogP contribution is 2.33. The maximum Gasteiger partial charge on any atom is 0.138 e. The fourth-order valence-corrected chi connectivity index (χ4v) is 3.65. The molecule has 29 heavy (non-hydrogen) atoms. The maximum absolute atomic E-state index is 10.0. The number of halogens is 3. The van der Waals surface area contributed by atoms with Crippen molar-refractivity contribution in [3.8, 4) is 16.9 Å². The van der Waals surface area contributed by atoms with Crippen LogP contribution in [0.4, 0.5) is 5.82 Å². The van der Waals surface area contributed by atoms with E-state index in [0.29, 0.717) is 18.2 Å². The van der Waals surface area contributed by atoms with E-state index in [0.717, 1.165) is 41.2 Å². The van der Waals surface area contributed by atoms with Crippen molar-refractivity contribution in [3.05, 3.63) is 41.8 Å². The Labute approximate surface area is 186 Å². The Morgan fingerprint density at radius 3 is 2.76 bits per heavy atom. The summed E-state index contributed by atoms with van der Waals surface area (Å²) < 4.78 is 7.38. The van der Waals surface area contributed by atoms with Crippen LogP contribution in [0.15, 0.2) is 36.8 Å². The average Bonchev–Trinajstić information content (AvgIpc) is 3.05. The minimum atomic E-state index is -0.534. The molecule has 7 nitrogen and oxygen atoms in total. The molecule has 0 aliphatic carbocycles. The first-order valence-electron chi connectivity index (χ1n) is 9.01. The van der Waals surface area contributed by atoms with Crippen molar-refractivity contribution in [1.29, 1.82) is 0 Å². The lowest BCUT2D eigenvalue weighted by molar-refractivity contribution is 0.131. The molecule has 0 unspecified atom stereocenters. The molecule has 4 heterocycles. The second-order valence-corrected chi connectivity index (χ2v) is 7.09. The van der Waals surface area contributed by atoms with E-state index in [4.69, 9.17) is 22.1 Å². The van der Waals surface area contributed by atoms with Crippen molar-refractivity contribution in [2.24, 2.45) is 5.73 Å². The first-order valence-corrected chi connectivity index (χ1v) is 9.39. The van der Waals surface area contributed by atoms with Gasteiger partial charge in [-0.1, -0.05) is 11.6 Å². The van der Waals surface area contributed by atoms with Gasteiger partial charge in [-0.3, -0.25) is 0 Å². The Morgan fingerprint density at radius 2 is 2.10 bits per heavy atom. The summed E-state index contributed by atoms with van der Waals surface area (Å²) in [6, 6.07) is 5.73. The quantitative estimate of drug-likeness (QED) is 0.621. The maximum atomic E-state index is 10.0. The Bertz CT molecular complexity index is 951. The molecule has 0 radical (unpaired) electrons. The number of aliphatic hydroxyl groups is 1. The van der Waals surface area contributed by atoms with E-state index in [1.54, 1.807) is 10.7 Å². The number of β-amino-alcohol motifs (C(OH)–C–C–N with tert-alkyl or cyclic N) is 1. The van der Waals surface area contributed by atoms with Gasteiger partial charge in [0.05, 0.1) is 35.6 Å². The molecule has 2 atom stereocenters. The lowest BCUT2D eigenvalue weighted by Gasteiger charge is -2.34. The number of aromatic nitrogens is 3. The highest BCUT2D eigenvalue weighted by atomic mass is 35.5. The summed E-state index contributed by atoms with van der Waals surface area (Å²) in [7, 11) is 0. The van der Waals surface area contributed by atoms with E-state index >= 15 is 0 Å². The number of nitrogens with zero attached hydrogens (tertiary/aromatic N) is 4. The van der Waals surface area contributed by atoms with Gasteiger partial charge in [0.1, 0.15) is 11.6 Å². The van der Waals surface area contributed by atoms with Gasteiger partial charge in [-0.25, -0.2) is 9.50 Å². The number of fused-ring (bicyclic) bond motifs is 1. The van der Waals surface area contributed by atoms with Gasteiger partial charge in [0.2, 0.25) is 0 Å². The zero-order chi connectivity index (χ0) is 19.0. The van der Waals surface area contributed by atoms with Crippen molar-refractivity contribution in [3.63, 3.8) is 0 Å². The molecule has 1 aliphatic rings. The Kier molecular flexibility index (Phi) is 7.96. The lowest BCUT2D eigenvalue weighted by Crippen LogP contribution is -2.50. The fraction of sp³-hybridized carbons (Fsp3) is 0.368. The largest absolute Gasteiger partial charge is 0.492 e. The molecule has 0 spiro atoms. The zero-order valence-electron chi connectivity index (χ0n) is 15.9. The van der Waals surface area contributed by atoms with Crippen LogP contribution < -0.4 is 15.4 Å². The van der Waals surface area contributed by atoms with Crippen LogP contribution in [0.3, 0.4) is 0 Å². The lowest BCUT2D eigenvalue weighted by atomic mass is 10.0. The second kappa shape index (κ2) is 9.82. The fourth-order valence-electron chi connectivity index (χ4n) is 3.42. The molecule has 3 aromatic heterocycles. The number of nitrogens with two attached hydrogens (primary N) is 1. The van der Waals surface area contributed by atoms with E-state index in [2.05, 4.69) is 15.0 Å². The molecule has 3 N–H and O–H groups in total. The van der Waals surface area contributed by atoms with Crippen LogP contribution in [0, 0.1) is 0 Å². The minimum Gasteiger partial charge on any atom is -0.492 e. The Balaban J connectivity index is 0.00000150. The highest BCUT2D eigenvalue weighted by molar-refractivity contribution is 6.34. The standard InChI is InChI=1S/C19H22ClN5O2.2ClH/c1-2-27-13-7-14(19-15(20)9-23-25(19)10-13)12-3-4-18(22-8-12)24-6-5-16(21)17(26)11-24;;/h3-4,7-10,16-17,26H,2,5-6,11,21H2,1H3;2*1H/t16-,17-;;/m0../s1. The first kappa shape index (κ1) is 23.5. The third-order valence-electron chi connectivity index (χ3n) is 4.87. The van der Waals surface area contributed by atoms with Gasteiger partial charge in [0, 0.05) is 36.5 Å². The van der Waals surface area contributed by atoms with Crippen molar-refractivity contribution in [2.75, 3.05) is 24.6 Å². The smallest absolute Gasteiger partial charge is 0.138 e. The Morgan fingerprint density at radius 1 is 1.31 bits per heavy atom. The van der Waals surface area contributed by atoms with Crippen LogP contribution in [-0.4, -0.2) is 51.5 Å². The molecule has 1 fully saturated rings. The molecule has 0 aromatic carbocycles. The first-order chi connectivity index (χ1) is 13.1. The number of aliphatic hydroxyl groups excluding tert-OH is 1. The number of hydrogen-bond acceptors (Lipinski definition) is 6. The third kappa shape index (κ3) is 4.70. The van der Waals surface area contributed by atoms with Gasteiger partial charge in [-0.2, -0.15) is 5.10 Å². The number of hydrogen-bond donors (Lipinski definition) is 2. The molecule has 0 amide bonds. The number of pyridine rings is 2. The molecule has 158 valence electrons. The number of rotatable bonds is 4. The van der Waals surface area contributed by atoms with Crippen LogP contribution in [0.25, 0.3) is 16.6 Å². The summed E-state index contributed by atoms with van der Waals surface area (Å²) in [5.41, 5.74) is 8.52. The SMILES string of the molecule is CCOc1cc(-c2ccc(N3CC[C@H](N)[C@@H](O)C3)nc2)c2c(Cl)cnn2c1.Cl.Cl. The molecule has 0 saturated carbocycles. The Hall–Kier alpha value is -1.77. The van der Waals surface area contributed by atoms with Gasteiger partial charge >= 0.3 is 0 Å². The predicted octanol–water partition coefficient (Wildman–Crippen LogP) is 3.19. The van der Waals surface area contributed by atoms with Gasteiger partial charge in [0.25, 0.3) is 0 Å². The third-order valence-corrected chi connectivity index (χ3v) is 5.15. The van der Waals surface area contributed by atoms with Crippen LogP contribution >= 0.6 is 36.4 Å². The summed E-state index contributed by atoms with van der Waals surface area (Å²) in [5, 5.41) is 14.9. The molecule has 4 rings (SSSR count). The van der Waals surface area contributed by atoms with Crippen molar-refractivity contribution in [2.45, 2.75) is 25.5 Å². The minimum absolute atomic E-state index is 0. The van der Waals surface area contributed by atoms with Gasteiger partial charge in [-0.15, -0.1) is 24.8 Å². The molecule has 3 aromatic rings. The van der Waals surface area contributed by atoms with E-state index in [1.165, 1.54) is 0 Å². The van der Waals surface area contributed by atoms with Crippen molar-refractivity contribution >= 4 is 47.7 Å². The topological polar surface area (TPSA) is 88.9 Å². The summed E-state index contributed by atoms with van der Waals surface area (Å²) in [6.07, 6.45) is 5.45. The number of piperidine rings is 1. The van der Waals surface area contributed by atoms with Gasteiger partial charge in [0.15, 0.2) is 0 Å². The van der Waals surface area contributed by atoms with E-state index in [9.17, 15) is 5.11 Å². The van der Waals surface area contributed by atoms with Crippen LogP contribution in [0.1, 0.15) is 13.3 Å². The summed E-state index contributed by atoms with van der Waals surface area (Å²) in [5.74, 6) is 1.54. The van der Waals surface area contributed by atoms with Gasteiger partial charge < -0.3 is 20.5 Å². The second-order valence-electron chi connectivity index (χ2n) is 6.68. The predicted molar refractivity (Wildman–Crippen MR) is 120 cm³/mol. The highest BCUT2D eigenvalue weighted by Gasteiger charge is 2.25. The molecule has 1 saturated heterocycles. The number of anilines is 1. The van der Waals surface area contributed by atoms with E-state index < -0.39 is 6.10 Å². The molecular formula is C19H24Cl3N5O2. The van der Waals surface area contributed by atoms with Crippen molar-refractivity contribution in [1.82, 2.24) is 14.6 Å². The summed E-state index contributed by atoms with van der Waals surface area (Å²) >= 11 is 6.35. The molecule has 10 heteroatoms. The summed E-state index contributed by atoms with van der Waals surface area (Å²) in [6.45, 7) is 3.78. The van der Waals surface area contributed by atoms with Crippen LogP contribution in [0.5, 0.6) is 5.75 Å². The molecule has 0 bridgehead atoms. The monoisotopic (exact) mass is 459 g/mol. The normalized spacial score (nSPS) is 18.8. The zero-order valence-corrected chi connectivity index (χ0v) is 18.3. The van der Waals surface area contributed by atoms with Crippen LogP contribution in [-0.2, 0) is 0 Å². The van der Waals surface area contributed by atoms with Crippen LogP contribution in [0.2, 0.25) is 5.02 Å². The molecule has 1 aliphatic heterocycles.